The Balaban J connectivity index is 1.93. The Bertz CT molecular complexity index is 445. The van der Waals surface area contributed by atoms with E-state index in [-0.39, 0.29) is 17.7 Å². The first-order chi connectivity index (χ1) is 8.16. The van der Waals surface area contributed by atoms with Crippen LogP contribution >= 0.6 is 15.9 Å². The van der Waals surface area contributed by atoms with Gasteiger partial charge < -0.3 is 5.32 Å². The molecule has 0 heterocycles. The molecule has 0 unspecified atom stereocenters. The standard InChI is InChI=1S/C13H14BrNO2/c14-10-5-2-1-4-9(10)8-13(17)15-11-6-3-7-12(11)16/h1-2,4-5,11H,3,6-8H2,(H,15,17)/t11-/m1/s1. The van der Waals surface area contributed by atoms with Crippen molar-refractivity contribution >= 4 is 27.6 Å². The molecule has 90 valence electrons. The third-order valence-electron chi connectivity index (χ3n) is 2.95. The lowest BCUT2D eigenvalue weighted by Gasteiger charge is -2.11. The van der Waals surface area contributed by atoms with Gasteiger partial charge in [0, 0.05) is 10.9 Å². The second-order valence-electron chi connectivity index (χ2n) is 4.25. The van der Waals surface area contributed by atoms with E-state index >= 15 is 0 Å². The van der Waals surface area contributed by atoms with Crippen LogP contribution < -0.4 is 5.32 Å². The molecule has 17 heavy (non-hydrogen) atoms. The zero-order valence-electron chi connectivity index (χ0n) is 9.41. The van der Waals surface area contributed by atoms with E-state index in [1.807, 2.05) is 24.3 Å². The van der Waals surface area contributed by atoms with Crippen molar-refractivity contribution in [2.24, 2.45) is 0 Å². The maximum absolute atomic E-state index is 11.8. The summed E-state index contributed by atoms with van der Waals surface area (Å²) >= 11 is 3.40. The van der Waals surface area contributed by atoms with Crippen molar-refractivity contribution in [3.63, 3.8) is 0 Å². The van der Waals surface area contributed by atoms with Crippen LogP contribution in [0, 0.1) is 0 Å². The topological polar surface area (TPSA) is 46.2 Å². The van der Waals surface area contributed by atoms with Crippen LogP contribution in [0.1, 0.15) is 24.8 Å². The molecule has 1 aliphatic carbocycles. The van der Waals surface area contributed by atoms with Gasteiger partial charge in [-0.15, -0.1) is 0 Å². The van der Waals surface area contributed by atoms with Crippen molar-refractivity contribution in [1.82, 2.24) is 5.32 Å². The molecule has 3 nitrogen and oxygen atoms in total. The molecule has 0 radical (unpaired) electrons. The Hall–Kier alpha value is -1.16. The Morgan fingerprint density at radius 1 is 1.41 bits per heavy atom. The molecule has 0 saturated heterocycles. The number of carbonyl (C=O) groups excluding carboxylic acids is 2. The van der Waals surface area contributed by atoms with Gasteiger partial charge in [0.2, 0.25) is 5.91 Å². The van der Waals surface area contributed by atoms with Crippen molar-refractivity contribution in [1.29, 1.82) is 0 Å². The molecule has 2 rings (SSSR count). The molecule has 0 spiro atoms. The van der Waals surface area contributed by atoms with Gasteiger partial charge in [0.1, 0.15) is 0 Å². The smallest absolute Gasteiger partial charge is 0.225 e. The first-order valence-corrected chi connectivity index (χ1v) is 6.51. The lowest BCUT2D eigenvalue weighted by atomic mass is 10.1. The Morgan fingerprint density at radius 2 is 2.18 bits per heavy atom. The lowest BCUT2D eigenvalue weighted by molar-refractivity contribution is -0.126. The zero-order chi connectivity index (χ0) is 12.3. The van der Waals surface area contributed by atoms with Crippen LogP contribution in [0.5, 0.6) is 0 Å². The van der Waals surface area contributed by atoms with E-state index in [0.29, 0.717) is 12.8 Å². The molecule has 4 heteroatoms. The van der Waals surface area contributed by atoms with Crippen LogP contribution in [-0.2, 0) is 16.0 Å². The van der Waals surface area contributed by atoms with Crippen molar-refractivity contribution in [2.45, 2.75) is 31.7 Å². The fourth-order valence-corrected chi connectivity index (χ4v) is 2.45. The Labute approximate surface area is 109 Å². The molecule has 0 bridgehead atoms. The molecule has 1 aromatic rings. The minimum absolute atomic E-state index is 0.0860. The third kappa shape index (κ3) is 3.16. The van der Waals surface area contributed by atoms with E-state index in [4.69, 9.17) is 0 Å². The zero-order valence-corrected chi connectivity index (χ0v) is 11.0. The fraction of sp³-hybridized carbons (Fsp3) is 0.385. The molecule has 0 aromatic heterocycles. The number of benzene rings is 1. The van der Waals surface area contributed by atoms with Crippen LogP contribution in [0.4, 0.5) is 0 Å². The molecular formula is C13H14BrNO2. The number of amides is 1. The maximum Gasteiger partial charge on any atom is 0.225 e. The average molecular weight is 296 g/mol. The van der Waals surface area contributed by atoms with Gasteiger partial charge in [0.05, 0.1) is 12.5 Å². The van der Waals surface area contributed by atoms with E-state index in [9.17, 15) is 9.59 Å². The number of Topliss-reactive ketones (excluding diaryl/α,β-unsaturated/α-hetero) is 1. The number of halogens is 1. The number of hydrogen-bond donors (Lipinski definition) is 1. The Morgan fingerprint density at radius 3 is 2.82 bits per heavy atom. The van der Waals surface area contributed by atoms with Gasteiger partial charge in [-0.25, -0.2) is 0 Å². The van der Waals surface area contributed by atoms with E-state index in [1.54, 1.807) is 0 Å². The summed E-state index contributed by atoms with van der Waals surface area (Å²) in [5, 5.41) is 2.80. The van der Waals surface area contributed by atoms with E-state index in [0.717, 1.165) is 22.9 Å². The molecule has 1 amide bonds. The van der Waals surface area contributed by atoms with Crippen LogP contribution in [0.25, 0.3) is 0 Å². The lowest BCUT2D eigenvalue weighted by Crippen LogP contribution is -2.38. The van der Waals surface area contributed by atoms with Crippen LogP contribution in [-0.4, -0.2) is 17.7 Å². The van der Waals surface area contributed by atoms with Gasteiger partial charge in [-0.1, -0.05) is 34.1 Å². The van der Waals surface area contributed by atoms with Crippen molar-refractivity contribution in [2.75, 3.05) is 0 Å². The minimum Gasteiger partial charge on any atom is -0.346 e. The van der Waals surface area contributed by atoms with Crippen molar-refractivity contribution in [3.05, 3.63) is 34.3 Å². The highest BCUT2D eigenvalue weighted by Gasteiger charge is 2.25. The van der Waals surface area contributed by atoms with Crippen LogP contribution in [0.3, 0.4) is 0 Å². The summed E-state index contributed by atoms with van der Waals surface area (Å²) in [5.74, 6) is 0.0719. The summed E-state index contributed by atoms with van der Waals surface area (Å²) in [5.41, 5.74) is 0.940. The van der Waals surface area contributed by atoms with Gasteiger partial charge in [-0.05, 0) is 24.5 Å². The van der Waals surface area contributed by atoms with Gasteiger partial charge in [0.25, 0.3) is 0 Å². The highest BCUT2D eigenvalue weighted by Crippen LogP contribution is 2.17. The molecule has 1 aliphatic rings. The summed E-state index contributed by atoms with van der Waals surface area (Å²) in [7, 11) is 0. The summed E-state index contributed by atoms with van der Waals surface area (Å²) in [6.45, 7) is 0. The Kier molecular flexibility index (Phi) is 3.94. The molecular weight excluding hydrogens is 282 g/mol. The van der Waals surface area contributed by atoms with Crippen molar-refractivity contribution < 1.29 is 9.59 Å². The predicted molar refractivity (Wildman–Crippen MR) is 68.6 cm³/mol. The highest BCUT2D eigenvalue weighted by molar-refractivity contribution is 9.10. The third-order valence-corrected chi connectivity index (χ3v) is 3.72. The largest absolute Gasteiger partial charge is 0.346 e. The molecule has 0 aliphatic heterocycles. The summed E-state index contributed by atoms with van der Waals surface area (Å²) in [6, 6.07) is 7.36. The number of ketones is 1. The van der Waals surface area contributed by atoms with Gasteiger partial charge in [-0.3, -0.25) is 9.59 Å². The number of carbonyl (C=O) groups is 2. The molecule has 1 N–H and O–H groups in total. The number of rotatable bonds is 3. The minimum atomic E-state index is -0.259. The summed E-state index contributed by atoms with van der Waals surface area (Å²) in [4.78, 5) is 23.2. The average Bonchev–Trinajstić information content (AvgIpc) is 2.68. The first-order valence-electron chi connectivity index (χ1n) is 5.72. The molecule has 1 atom stereocenters. The molecule has 1 saturated carbocycles. The second-order valence-corrected chi connectivity index (χ2v) is 5.10. The SMILES string of the molecule is O=C(Cc1ccccc1Br)N[C@@H]1CCCC1=O. The summed E-state index contributed by atoms with van der Waals surface area (Å²) in [6.07, 6.45) is 2.57. The van der Waals surface area contributed by atoms with E-state index < -0.39 is 0 Å². The van der Waals surface area contributed by atoms with Crippen LogP contribution in [0.2, 0.25) is 0 Å². The van der Waals surface area contributed by atoms with Crippen LogP contribution in [0.15, 0.2) is 28.7 Å². The normalized spacial score (nSPS) is 19.4. The number of nitrogens with one attached hydrogen (secondary N) is 1. The number of hydrogen-bond acceptors (Lipinski definition) is 2. The molecule has 1 fully saturated rings. The van der Waals surface area contributed by atoms with E-state index in [2.05, 4.69) is 21.2 Å². The molecule has 1 aromatic carbocycles. The predicted octanol–water partition coefficient (Wildman–Crippen LogP) is 2.23. The maximum atomic E-state index is 11.8. The van der Waals surface area contributed by atoms with Gasteiger partial charge in [-0.2, -0.15) is 0 Å². The second kappa shape index (κ2) is 5.45. The first kappa shape index (κ1) is 12.3. The summed E-state index contributed by atoms with van der Waals surface area (Å²) < 4.78 is 0.924. The van der Waals surface area contributed by atoms with E-state index in [1.165, 1.54) is 0 Å². The van der Waals surface area contributed by atoms with Crippen molar-refractivity contribution in [3.8, 4) is 0 Å². The van der Waals surface area contributed by atoms with Gasteiger partial charge in [0.15, 0.2) is 5.78 Å². The quantitative estimate of drug-likeness (QED) is 0.929. The van der Waals surface area contributed by atoms with Gasteiger partial charge >= 0.3 is 0 Å². The monoisotopic (exact) mass is 295 g/mol. The highest BCUT2D eigenvalue weighted by atomic mass is 79.9. The fourth-order valence-electron chi connectivity index (χ4n) is 2.03.